The van der Waals surface area contributed by atoms with Crippen LogP contribution >= 0.6 is 0 Å². The highest BCUT2D eigenvalue weighted by Gasteiger charge is 2.38. The zero-order valence-electron chi connectivity index (χ0n) is 19.1. The van der Waals surface area contributed by atoms with Crippen LogP contribution in [0.1, 0.15) is 98.5 Å². The first-order valence-electron chi connectivity index (χ1n) is 11.4. The highest BCUT2D eigenvalue weighted by atomic mass is 16.6. The summed E-state index contributed by atoms with van der Waals surface area (Å²) in [6.45, 7) is 6.79. The molecule has 1 aromatic carbocycles. The van der Waals surface area contributed by atoms with Gasteiger partial charge in [0, 0.05) is 18.1 Å². The van der Waals surface area contributed by atoms with Crippen LogP contribution in [-0.2, 0) is 20.9 Å². The van der Waals surface area contributed by atoms with Crippen molar-refractivity contribution in [2.75, 3.05) is 6.61 Å². The predicted molar refractivity (Wildman–Crippen MR) is 119 cm³/mol. The van der Waals surface area contributed by atoms with Gasteiger partial charge in [-0.05, 0) is 57.4 Å². The molecule has 1 N–H and O–H groups in total. The van der Waals surface area contributed by atoms with Crippen LogP contribution in [0.5, 0.6) is 0 Å². The van der Waals surface area contributed by atoms with Crippen molar-refractivity contribution in [1.82, 2.24) is 5.16 Å². The lowest BCUT2D eigenvalue weighted by Crippen LogP contribution is -2.28. The number of rotatable bonds is 13. The standard InChI is InChI=1S/C25H33NO6/c1-4-25(2,3)31-20(27)15-19(11-8-14-30-16-17-9-6-5-7-10-17)22-21(18-12-13-18)23(24(28)29)32-26-22/h5-7,9-10,18-19H,4,8,11-16H2,1-3H3,(H,28,29)/t19-/m0/s1. The van der Waals surface area contributed by atoms with Crippen LogP contribution in [0, 0.1) is 0 Å². The molecule has 0 unspecified atom stereocenters. The average molecular weight is 444 g/mol. The molecular weight excluding hydrogens is 410 g/mol. The third kappa shape index (κ3) is 6.66. The van der Waals surface area contributed by atoms with Crippen LogP contribution in [0.3, 0.4) is 0 Å². The molecule has 2 aromatic rings. The SMILES string of the molecule is CCC(C)(C)OC(=O)C[C@H](CCCOCc1ccccc1)c1noc(C(=O)O)c1C1CC1. The van der Waals surface area contributed by atoms with E-state index in [0.29, 0.717) is 43.7 Å². The van der Waals surface area contributed by atoms with Crippen molar-refractivity contribution < 1.29 is 28.7 Å². The van der Waals surface area contributed by atoms with E-state index in [0.717, 1.165) is 18.4 Å². The van der Waals surface area contributed by atoms with Crippen molar-refractivity contribution >= 4 is 11.9 Å². The zero-order valence-corrected chi connectivity index (χ0v) is 19.1. The lowest BCUT2D eigenvalue weighted by atomic mass is 9.90. The van der Waals surface area contributed by atoms with Gasteiger partial charge in [0.05, 0.1) is 18.7 Å². The molecule has 1 aliphatic carbocycles. The Morgan fingerprint density at radius 1 is 1.25 bits per heavy atom. The Morgan fingerprint density at radius 2 is 1.97 bits per heavy atom. The molecule has 1 aliphatic rings. The molecule has 0 bridgehead atoms. The maximum absolute atomic E-state index is 12.7. The number of aromatic carboxylic acids is 1. The number of ether oxygens (including phenoxy) is 2. The van der Waals surface area contributed by atoms with Gasteiger partial charge in [-0.2, -0.15) is 0 Å². The third-order valence-corrected chi connectivity index (χ3v) is 5.93. The van der Waals surface area contributed by atoms with E-state index in [1.165, 1.54) is 0 Å². The van der Waals surface area contributed by atoms with E-state index in [1.54, 1.807) is 0 Å². The molecule has 0 spiro atoms. The first-order chi connectivity index (χ1) is 15.3. The van der Waals surface area contributed by atoms with E-state index >= 15 is 0 Å². The molecule has 1 fully saturated rings. The summed E-state index contributed by atoms with van der Waals surface area (Å²) in [6, 6.07) is 9.94. The molecule has 0 aliphatic heterocycles. The number of aromatic nitrogens is 1. The average Bonchev–Trinajstić information content (AvgIpc) is 3.50. The van der Waals surface area contributed by atoms with Crippen molar-refractivity contribution in [3.8, 4) is 0 Å². The van der Waals surface area contributed by atoms with E-state index in [2.05, 4.69) is 5.16 Å². The van der Waals surface area contributed by atoms with E-state index < -0.39 is 11.6 Å². The number of nitrogens with zero attached hydrogens (tertiary/aromatic N) is 1. The van der Waals surface area contributed by atoms with E-state index in [9.17, 15) is 14.7 Å². The molecule has 0 amide bonds. The Bertz CT molecular complexity index is 900. The summed E-state index contributed by atoms with van der Waals surface area (Å²) in [7, 11) is 0. The summed E-state index contributed by atoms with van der Waals surface area (Å²) in [4.78, 5) is 24.3. The minimum atomic E-state index is -1.12. The van der Waals surface area contributed by atoms with Gasteiger partial charge in [0.1, 0.15) is 5.60 Å². The van der Waals surface area contributed by atoms with Crippen LogP contribution < -0.4 is 0 Å². The fourth-order valence-corrected chi connectivity index (χ4v) is 3.68. The maximum atomic E-state index is 12.7. The Balaban J connectivity index is 1.67. The predicted octanol–water partition coefficient (Wildman–Crippen LogP) is 5.45. The quantitative estimate of drug-likeness (QED) is 0.324. The lowest BCUT2D eigenvalue weighted by Gasteiger charge is -2.25. The molecule has 1 heterocycles. The van der Waals surface area contributed by atoms with Crippen LogP contribution in [-0.4, -0.2) is 34.4 Å². The van der Waals surface area contributed by atoms with Crippen molar-refractivity contribution in [3.05, 3.63) is 52.9 Å². The summed E-state index contributed by atoms with van der Waals surface area (Å²) >= 11 is 0. The van der Waals surface area contributed by atoms with Gasteiger partial charge in [0.25, 0.3) is 0 Å². The Labute approximate surface area is 189 Å². The van der Waals surface area contributed by atoms with Crippen LogP contribution in [0.15, 0.2) is 34.9 Å². The highest BCUT2D eigenvalue weighted by Crippen LogP contribution is 2.46. The second kappa shape index (κ2) is 10.8. The molecule has 32 heavy (non-hydrogen) atoms. The van der Waals surface area contributed by atoms with Crippen molar-refractivity contribution in [1.29, 1.82) is 0 Å². The molecule has 7 heteroatoms. The first-order valence-corrected chi connectivity index (χ1v) is 11.4. The molecule has 0 saturated heterocycles. The second-order valence-corrected chi connectivity index (χ2v) is 9.06. The van der Waals surface area contributed by atoms with E-state index in [-0.39, 0.29) is 30.0 Å². The molecule has 1 aromatic heterocycles. The van der Waals surface area contributed by atoms with Crippen molar-refractivity contribution in [2.45, 2.75) is 83.3 Å². The lowest BCUT2D eigenvalue weighted by molar-refractivity contribution is -0.157. The normalized spacial score (nSPS) is 14.8. The Kier molecular flexibility index (Phi) is 8.07. The second-order valence-electron chi connectivity index (χ2n) is 9.06. The Morgan fingerprint density at radius 3 is 2.59 bits per heavy atom. The summed E-state index contributed by atoms with van der Waals surface area (Å²) < 4.78 is 16.6. The number of carbonyl (C=O) groups is 2. The van der Waals surface area contributed by atoms with Gasteiger partial charge >= 0.3 is 11.9 Å². The maximum Gasteiger partial charge on any atom is 0.375 e. The number of hydrogen-bond donors (Lipinski definition) is 1. The van der Waals surface area contributed by atoms with Crippen LogP contribution in [0.25, 0.3) is 0 Å². The number of hydrogen-bond acceptors (Lipinski definition) is 6. The van der Waals surface area contributed by atoms with Crippen LogP contribution in [0.4, 0.5) is 0 Å². The van der Waals surface area contributed by atoms with Crippen LogP contribution in [0.2, 0.25) is 0 Å². The number of esters is 1. The summed E-state index contributed by atoms with van der Waals surface area (Å²) in [6.07, 6.45) is 4.00. The van der Waals surface area contributed by atoms with E-state index in [1.807, 2.05) is 51.1 Å². The Hall–Kier alpha value is -2.67. The van der Waals surface area contributed by atoms with E-state index in [4.69, 9.17) is 14.0 Å². The summed E-state index contributed by atoms with van der Waals surface area (Å²) in [5.74, 6) is -1.67. The summed E-state index contributed by atoms with van der Waals surface area (Å²) in [5.41, 5.74) is 1.79. The minimum Gasteiger partial charge on any atom is -0.475 e. The largest absolute Gasteiger partial charge is 0.475 e. The van der Waals surface area contributed by atoms with Gasteiger partial charge in [-0.25, -0.2) is 4.79 Å². The number of carboxylic acid groups (broad SMARTS) is 1. The fraction of sp³-hybridized carbons (Fsp3) is 0.560. The molecular formula is C25H33NO6. The number of carboxylic acids is 1. The van der Waals surface area contributed by atoms with Gasteiger partial charge in [0.2, 0.25) is 5.76 Å². The van der Waals surface area contributed by atoms with Crippen molar-refractivity contribution in [3.63, 3.8) is 0 Å². The van der Waals surface area contributed by atoms with Gasteiger partial charge in [-0.1, -0.05) is 42.4 Å². The third-order valence-electron chi connectivity index (χ3n) is 5.93. The zero-order chi connectivity index (χ0) is 23.1. The van der Waals surface area contributed by atoms with Crippen molar-refractivity contribution in [2.24, 2.45) is 0 Å². The van der Waals surface area contributed by atoms with Gasteiger partial charge in [0.15, 0.2) is 0 Å². The molecule has 1 atom stereocenters. The fourth-order valence-electron chi connectivity index (χ4n) is 3.68. The highest BCUT2D eigenvalue weighted by molar-refractivity contribution is 5.87. The monoisotopic (exact) mass is 443 g/mol. The van der Waals surface area contributed by atoms with Gasteiger partial charge < -0.3 is 19.1 Å². The number of carbonyl (C=O) groups excluding carboxylic acids is 1. The first kappa shape index (κ1) is 24.0. The molecule has 1 saturated carbocycles. The summed E-state index contributed by atoms with van der Waals surface area (Å²) in [5, 5.41) is 13.6. The molecule has 174 valence electrons. The van der Waals surface area contributed by atoms with Gasteiger partial charge in [-0.3, -0.25) is 4.79 Å². The minimum absolute atomic E-state index is 0.102. The topological polar surface area (TPSA) is 98.9 Å². The number of benzene rings is 1. The molecule has 7 nitrogen and oxygen atoms in total. The molecule has 0 radical (unpaired) electrons. The van der Waals surface area contributed by atoms with Gasteiger partial charge in [-0.15, -0.1) is 0 Å². The molecule has 3 rings (SSSR count). The smallest absolute Gasteiger partial charge is 0.375 e.